The molecule has 0 bridgehead atoms. The lowest BCUT2D eigenvalue weighted by Crippen LogP contribution is -1.80. The van der Waals surface area contributed by atoms with E-state index in [1.54, 1.807) is 0 Å². The molecule has 21 heavy (non-hydrogen) atoms. The molecule has 0 fully saturated rings. The van der Waals surface area contributed by atoms with Gasteiger partial charge in [-0.1, -0.05) is 57.1 Å². The molecule has 0 spiro atoms. The molecule has 0 radical (unpaired) electrons. The summed E-state index contributed by atoms with van der Waals surface area (Å²) in [5, 5.41) is 0. The summed E-state index contributed by atoms with van der Waals surface area (Å²) in [4.78, 5) is 0. The van der Waals surface area contributed by atoms with Gasteiger partial charge < -0.3 is 0 Å². The molecule has 0 rings (SSSR count). The maximum atomic E-state index is 3.75. The summed E-state index contributed by atoms with van der Waals surface area (Å²) in [6.07, 6.45) is 23.3. The molecule has 0 aliphatic carbocycles. The Morgan fingerprint density at radius 3 is 1.19 bits per heavy atom. The third-order valence-electron chi connectivity index (χ3n) is 3.80. The Hall–Kier alpha value is -0.960. The van der Waals surface area contributed by atoms with Crippen molar-refractivity contribution >= 4 is 0 Å². The van der Waals surface area contributed by atoms with Crippen molar-refractivity contribution in [1.29, 1.82) is 0 Å². The fourth-order valence-electron chi connectivity index (χ4n) is 2.42. The summed E-state index contributed by atoms with van der Waals surface area (Å²) in [6.45, 7) is 7.50. The lowest BCUT2D eigenvalue weighted by molar-refractivity contribution is 0.602. The van der Waals surface area contributed by atoms with E-state index in [-0.39, 0.29) is 0 Å². The average molecular weight is 289 g/mol. The first-order valence-corrected chi connectivity index (χ1v) is 9.09. The Labute approximate surface area is 134 Å². The van der Waals surface area contributed by atoms with E-state index in [0.717, 1.165) is 12.8 Å². The van der Waals surface area contributed by atoms with E-state index in [9.17, 15) is 0 Å². The van der Waals surface area contributed by atoms with Gasteiger partial charge in [0.1, 0.15) is 0 Å². The van der Waals surface area contributed by atoms with Crippen LogP contribution in [-0.2, 0) is 0 Å². The second-order valence-electron chi connectivity index (χ2n) is 5.90. The minimum Gasteiger partial charge on any atom is -0.103 e. The predicted molar refractivity (Wildman–Crippen MR) is 97.4 cm³/mol. The first-order valence-electron chi connectivity index (χ1n) is 9.09. The highest BCUT2D eigenvalue weighted by Gasteiger charge is 1.90. The van der Waals surface area contributed by atoms with Crippen LogP contribution < -0.4 is 0 Å². The van der Waals surface area contributed by atoms with Crippen molar-refractivity contribution < 1.29 is 0 Å². The molecule has 0 nitrogen and oxygen atoms in total. The standard InChI is InChI=1S/C21H36/c1-3-5-7-9-11-13-15-17-19-21-20-18-16-14-12-10-8-6-4-2/h3-4H,1-2,5-19H2. The van der Waals surface area contributed by atoms with Crippen molar-refractivity contribution in [3.05, 3.63) is 25.3 Å². The summed E-state index contributed by atoms with van der Waals surface area (Å²) in [6, 6.07) is 0. The molecule has 0 aromatic heterocycles. The van der Waals surface area contributed by atoms with Crippen LogP contribution in [0.1, 0.15) is 96.3 Å². The number of hydrogen-bond donors (Lipinski definition) is 0. The minimum absolute atomic E-state index is 1.10. The van der Waals surface area contributed by atoms with Crippen LogP contribution in [-0.4, -0.2) is 0 Å². The Kier molecular flexibility index (Phi) is 18.2. The van der Waals surface area contributed by atoms with Gasteiger partial charge in [0.15, 0.2) is 0 Å². The van der Waals surface area contributed by atoms with Crippen LogP contribution in [0.2, 0.25) is 0 Å². The maximum absolute atomic E-state index is 3.75. The first kappa shape index (κ1) is 20.0. The highest BCUT2D eigenvalue weighted by atomic mass is 14.0. The molecule has 0 N–H and O–H groups in total. The second kappa shape index (κ2) is 19.0. The number of hydrogen-bond acceptors (Lipinski definition) is 0. The molecule has 0 saturated carbocycles. The van der Waals surface area contributed by atoms with Gasteiger partial charge in [-0.25, -0.2) is 0 Å². The van der Waals surface area contributed by atoms with Gasteiger partial charge >= 0.3 is 0 Å². The van der Waals surface area contributed by atoms with Crippen LogP contribution in [0, 0.1) is 11.8 Å². The molecule has 0 aromatic carbocycles. The van der Waals surface area contributed by atoms with E-state index in [2.05, 4.69) is 25.0 Å². The summed E-state index contributed by atoms with van der Waals surface area (Å²) >= 11 is 0. The van der Waals surface area contributed by atoms with Gasteiger partial charge in [-0.2, -0.15) is 0 Å². The molecule has 120 valence electrons. The van der Waals surface area contributed by atoms with E-state index in [4.69, 9.17) is 0 Å². The van der Waals surface area contributed by atoms with Gasteiger partial charge in [0.05, 0.1) is 0 Å². The molecular formula is C21H36. The molecule has 0 unspecified atom stereocenters. The fourth-order valence-corrected chi connectivity index (χ4v) is 2.42. The van der Waals surface area contributed by atoms with E-state index < -0.39 is 0 Å². The minimum atomic E-state index is 1.10. The summed E-state index contributed by atoms with van der Waals surface area (Å²) < 4.78 is 0. The number of allylic oxidation sites excluding steroid dienone is 2. The predicted octanol–water partition coefficient (Wildman–Crippen LogP) is 7.21. The molecule has 0 atom stereocenters. The highest BCUT2D eigenvalue weighted by molar-refractivity contribution is 4.98. The smallest absolute Gasteiger partial charge is 0.00886 e. The summed E-state index contributed by atoms with van der Waals surface area (Å²) in [7, 11) is 0. The van der Waals surface area contributed by atoms with Gasteiger partial charge in [-0.3, -0.25) is 0 Å². The molecule has 0 heterocycles. The van der Waals surface area contributed by atoms with E-state index in [1.165, 1.54) is 83.5 Å². The van der Waals surface area contributed by atoms with E-state index in [0.29, 0.717) is 0 Å². The third-order valence-corrected chi connectivity index (χ3v) is 3.80. The summed E-state index contributed by atoms with van der Waals surface area (Å²) in [5.41, 5.74) is 0. The summed E-state index contributed by atoms with van der Waals surface area (Å²) in [5.74, 6) is 6.66. The van der Waals surface area contributed by atoms with Crippen molar-refractivity contribution in [3.8, 4) is 11.8 Å². The van der Waals surface area contributed by atoms with Crippen LogP contribution in [0.25, 0.3) is 0 Å². The first-order chi connectivity index (χ1) is 10.4. The number of rotatable bonds is 15. The van der Waals surface area contributed by atoms with Crippen molar-refractivity contribution in [2.75, 3.05) is 0 Å². The second-order valence-corrected chi connectivity index (χ2v) is 5.90. The highest BCUT2D eigenvalue weighted by Crippen LogP contribution is 2.09. The lowest BCUT2D eigenvalue weighted by atomic mass is 10.1. The van der Waals surface area contributed by atoms with Crippen LogP contribution >= 0.6 is 0 Å². The lowest BCUT2D eigenvalue weighted by Gasteiger charge is -1.98. The molecule has 0 saturated heterocycles. The average Bonchev–Trinajstić information content (AvgIpc) is 2.50. The Bertz CT molecular complexity index is 276. The normalized spacial score (nSPS) is 9.90. The SMILES string of the molecule is C=CCCCCCCCC#CCCCCCCCCC=C. The quantitative estimate of drug-likeness (QED) is 0.170. The van der Waals surface area contributed by atoms with Crippen molar-refractivity contribution in [1.82, 2.24) is 0 Å². The Morgan fingerprint density at radius 1 is 0.476 bits per heavy atom. The topological polar surface area (TPSA) is 0 Å². The van der Waals surface area contributed by atoms with Gasteiger partial charge in [-0.05, 0) is 38.5 Å². The van der Waals surface area contributed by atoms with Crippen LogP contribution in [0.3, 0.4) is 0 Å². The van der Waals surface area contributed by atoms with Gasteiger partial charge in [0.25, 0.3) is 0 Å². The Morgan fingerprint density at radius 2 is 0.810 bits per heavy atom. The third kappa shape index (κ3) is 19.0. The van der Waals surface area contributed by atoms with Crippen LogP contribution in [0.15, 0.2) is 25.3 Å². The van der Waals surface area contributed by atoms with Crippen LogP contribution in [0.5, 0.6) is 0 Å². The van der Waals surface area contributed by atoms with Gasteiger partial charge in [0.2, 0.25) is 0 Å². The van der Waals surface area contributed by atoms with Gasteiger partial charge in [0, 0.05) is 12.8 Å². The largest absolute Gasteiger partial charge is 0.103 e. The zero-order chi connectivity index (χ0) is 15.4. The molecule has 0 amide bonds. The van der Waals surface area contributed by atoms with Gasteiger partial charge in [-0.15, -0.1) is 25.0 Å². The molecular weight excluding hydrogens is 252 g/mol. The van der Waals surface area contributed by atoms with Crippen molar-refractivity contribution in [2.24, 2.45) is 0 Å². The monoisotopic (exact) mass is 288 g/mol. The van der Waals surface area contributed by atoms with E-state index in [1.807, 2.05) is 12.2 Å². The molecule has 0 aliphatic heterocycles. The van der Waals surface area contributed by atoms with Crippen molar-refractivity contribution in [2.45, 2.75) is 96.3 Å². The Balaban J connectivity index is 3.09. The molecule has 0 heteroatoms. The van der Waals surface area contributed by atoms with Crippen molar-refractivity contribution in [3.63, 3.8) is 0 Å². The maximum Gasteiger partial charge on any atom is 0.00886 e. The fraction of sp³-hybridized carbons (Fsp3) is 0.714. The van der Waals surface area contributed by atoms with E-state index >= 15 is 0 Å². The molecule has 0 aliphatic rings. The zero-order valence-electron chi connectivity index (χ0n) is 14.2. The number of unbranched alkanes of at least 4 members (excludes halogenated alkanes) is 13. The molecule has 0 aromatic rings. The van der Waals surface area contributed by atoms with Crippen LogP contribution in [0.4, 0.5) is 0 Å². The zero-order valence-corrected chi connectivity index (χ0v) is 14.2.